The molecule has 0 bridgehead atoms. The lowest BCUT2D eigenvalue weighted by Crippen LogP contribution is -2.31. The fourth-order valence-electron chi connectivity index (χ4n) is 2.29. The zero-order valence-corrected chi connectivity index (χ0v) is 11.9. The molecule has 0 radical (unpaired) electrons. The summed E-state index contributed by atoms with van der Waals surface area (Å²) in [5.41, 5.74) is 0. The van der Waals surface area contributed by atoms with Gasteiger partial charge in [0.15, 0.2) is 0 Å². The van der Waals surface area contributed by atoms with Gasteiger partial charge < -0.3 is 14.8 Å². The van der Waals surface area contributed by atoms with Gasteiger partial charge in [0, 0.05) is 25.3 Å². The Hall–Kier alpha value is -1.36. The zero-order chi connectivity index (χ0) is 13.7. The van der Waals surface area contributed by atoms with E-state index in [0.29, 0.717) is 17.8 Å². The molecule has 2 rings (SSSR count). The second-order valence-electron chi connectivity index (χ2n) is 5.29. The van der Waals surface area contributed by atoms with Crippen molar-refractivity contribution in [2.75, 3.05) is 18.5 Å². The highest BCUT2D eigenvalue weighted by Gasteiger charge is 2.20. The molecular weight excluding hydrogens is 242 g/mol. The van der Waals surface area contributed by atoms with Crippen LogP contribution in [-0.4, -0.2) is 35.3 Å². The molecule has 1 aromatic heterocycles. The maximum absolute atomic E-state index is 5.57. The van der Waals surface area contributed by atoms with E-state index >= 15 is 0 Å². The van der Waals surface area contributed by atoms with Crippen molar-refractivity contribution in [1.29, 1.82) is 0 Å². The molecule has 5 heteroatoms. The highest BCUT2D eigenvalue weighted by atomic mass is 16.5. The van der Waals surface area contributed by atoms with Crippen molar-refractivity contribution in [3.05, 3.63) is 12.4 Å². The number of aromatic nitrogens is 2. The molecule has 1 fully saturated rings. The van der Waals surface area contributed by atoms with Gasteiger partial charge >= 0.3 is 0 Å². The average molecular weight is 265 g/mol. The van der Waals surface area contributed by atoms with E-state index in [-0.39, 0.29) is 6.10 Å². The Labute approximate surface area is 114 Å². The number of hydrogen-bond donors (Lipinski definition) is 1. The SMILES string of the molecule is CC(C)Oc1cc(NC(C)C2CCOCC2)ncn1. The van der Waals surface area contributed by atoms with Gasteiger partial charge in [-0.25, -0.2) is 9.97 Å². The molecule has 106 valence electrons. The van der Waals surface area contributed by atoms with Crippen LogP contribution in [-0.2, 0) is 4.74 Å². The third kappa shape index (κ3) is 4.35. The second-order valence-corrected chi connectivity index (χ2v) is 5.29. The normalized spacial score (nSPS) is 18.3. The lowest BCUT2D eigenvalue weighted by Gasteiger charge is -2.28. The fraction of sp³-hybridized carbons (Fsp3) is 0.714. The molecule has 19 heavy (non-hydrogen) atoms. The van der Waals surface area contributed by atoms with Gasteiger partial charge in [0.25, 0.3) is 0 Å². The number of ether oxygens (including phenoxy) is 2. The molecule has 0 aliphatic carbocycles. The predicted octanol–water partition coefficient (Wildman–Crippen LogP) is 2.49. The minimum absolute atomic E-state index is 0.121. The first-order valence-corrected chi connectivity index (χ1v) is 6.98. The maximum atomic E-state index is 5.57. The Morgan fingerprint density at radius 1 is 1.26 bits per heavy atom. The summed E-state index contributed by atoms with van der Waals surface area (Å²) in [5.74, 6) is 2.08. The van der Waals surface area contributed by atoms with E-state index in [4.69, 9.17) is 9.47 Å². The number of rotatable bonds is 5. The van der Waals surface area contributed by atoms with Crippen LogP contribution in [0.1, 0.15) is 33.6 Å². The van der Waals surface area contributed by atoms with Crippen molar-refractivity contribution in [2.45, 2.75) is 45.8 Å². The Morgan fingerprint density at radius 3 is 2.68 bits per heavy atom. The molecule has 1 N–H and O–H groups in total. The summed E-state index contributed by atoms with van der Waals surface area (Å²) >= 11 is 0. The molecular formula is C14H23N3O2. The molecule has 1 aliphatic rings. The van der Waals surface area contributed by atoms with Crippen LogP contribution in [0.25, 0.3) is 0 Å². The third-order valence-corrected chi connectivity index (χ3v) is 3.35. The Morgan fingerprint density at radius 2 is 2.00 bits per heavy atom. The molecule has 1 aromatic rings. The standard InChI is InChI=1S/C14H23N3O2/c1-10(2)19-14-8-13(15-9-16-14)17-11(3)12-4-6-18-7-5-12/h8-12H,4-7H2,1-3H3,(H,15,16,17). The summed E-state index contributed by atoms with van der Waals surface area (Å²) in [7, 11) is 0. The number of hydrogen-bond acceptors (Lipinski definition) is 5. The van der Waals surface area contributed by atoms with Crippen molar-refractivity contribution < 1.29 is 9.47 Å². The molecule has 1 unspecified atom stereocenters. The Kier molecular flexibility index (Phi) is 4.96. The van der Waals surface area contributed by atoms with Crippen LogP contribution in [0.15, 0.2) is 12.4 Å². The predicted molar refractivity (Wildman–Crippen MR) is 74.4 cm³/mol. The quantitative estimate of drug-likeness (QED) is 0.886. The Bertz CT molecular complexity index is 392. The van der Waals surface area contributed by atoms with Crippen LogP contribution in [0, 0.1) is 5.92 Å². The van der Waals surface area contributed by atoms with Gasteiger partial charge in [-0.15, -0.1) is 0 Å². The Balaban J connectivity index is 1.93. The molecule has 0 amide bonds. The van der Waals surface area contributed by atoms with E-state index in [1.54, 1.807) is 0 Å². The van der Waals surface area contributed by atoms with Gasteiger partial charge in [0.1, 0.15) is 12.1 Å². The van der Waals surface area contributed by atoms with E-state index in [1.165, 1.54) is 6.33 Å². The molecule has 2 heterocycles. The van der Waals surface area contributed by atoms with Crippen molar-refractivity contribution in [3.63, 3.8) is 0 Å². The number of nitrogens with zero attached hydrogens (tertiary/aromatic N) is 2. The van der Waals surface area contributed by atoms with Crippen LogP contribution in [0.3, 0.4) is 0 Å². The minimum atomic E-state index is 0.121. The van der Waals surface area contributed by atoms with Crippen molar-refractivity contribution >= 4 is 5.82 Å². The summed E-state index contributed by atoms with van der Waals surface area (Å²) in [6.45, 7) is 7.89. The van der Waals surface area contributed by atoms with Gasteiger partial charge in [0.05, 0.1) is 6.10 Å². The molecule has 1 aliphatic heterocycles. The van der Waals surface area contributed by atoms with E-state index in [9.17, 15) is 0 Å². The van der Waals surface area contributed by atoms with Crippen LogP contribution < -0.4 is 10.1 Å². The van der Waals surface area contributed by atoms with Crippen molar-refractivity contribution in [1.82, 2.24) is 9.97 Å². The average Bonchev–Trinajstić information content (AvgIpc) is 2.39. The monoisotopic (exact) mass is 265 g/mol. The molecule has 1 saturated heterocycles. The van der Waals surface area contributed by atoms with Crippen LogP contribution >= 0.6 is 0 Å². The molecule has 5 nitrogen and oxygen atoms in total. The first kappa shape index (κ1) is 14.1. The number of nitrogens with one attached hydrogen (secondary N) is 1. The van der Waals surface area contributed by atoms with Crippen molar-refractivity contribution in [2.24, 2.45) is 5.92 Å². The molecule has 1 atom stereocenters. The molecule has 0 aromatic carbocycles. The lowest BCUT2D eigenvalue weighted by atomic mass is 9.93. The third-order valence-electron chi connectivity index (χ3n) is 3.35. The van der Waals surface area contributed by atoms with Gasteiger partial charge in [0.2, 0.25) is 5.88 Å². The van der Waals surface area contributed by atoms with Gasteiger partial charge in [-0.05, 0) is 39.5 Å². The number of anilines is 1. The van der Waals surface area contributed by atoms with Gasteiger partial charge in [-0.2, -0.15) is 0 Å². The first-order chi connectivity index (χ1) is 9.15. The largest absolute Gasteiger partial charge is 0.475 e. The summed E-state index contributed by atoms with van der Waals surface area (Å²) in [5, 5.41) is 3.44. The van der Waals surface area contributed by atoms with E-state index in [0.717, 1.165) is 31.9 Å². The fourth-order valence-corrected chi connectivity index (χ4v) is 2.29. The second kappa shape index (κ2) is 6.70. The zero-order valence-electron chi connectivity index (χ0n) is 11.9. The van der Waals surface area contributed by atoms with E-state index < -0.39 is 0 Å². The lowest BCUT2D eigenvalue weighted by molar-refractivity contribution is 0.0622. The smallest absolute Gasteiger partial charge is 0.218 e. The minimum Gasteiger partial charge on any atom is -0.475 e. The summed E-state index contributed by atoms with van der Waals surface area (Å²) < 4.78 is 11.0. The molecule has 0 saturated carbocycles. The summed E-state index contributed by atoms with van der Waals surface area (Å²) in [6.07, 6.45) is 3.87. The van der Waals surface area contributed by atoms with Gasteiger partial charge in [-0.1, -0.05) is 0 Å². The van der Waals surface area contributed by atoms with Gasteiger partial charge in [-0.3, -0.25) is 0 Å². The first-order valence-electron chi connectivity index (χ1n) is 6.98. The summed E-state index contributed by atoms with van der Waals surface area (Å²) in [6, 6.07) is 2.24. The van der Waals surface area contributed by atoms with Crippen LogP contribution in [0.5, 0.6) is 5.88 Å². The maximum Gasteiger partial charge on any atom is 0.218 e. The topological polar surface area (TPSA) is 56.3 Å². The highest BCUT2D eigenvalue weighted by molar-refractivity contribution is 5.38. The van der Waals surface area contributed by atoms with E-state index in [2.05, 4.69) is 22.2 Å². The van der Waals surface area contributed by atoms with Crippen LogP contribution in [0.2, 0.25) is 0 Å². The molecule has 0 spiro atoms. The van der Waals surface area contributed by atoms with Crippen molar-refractivity contribution in [3.8, 4) is 5.88 Å². The van der Waals surface area contributed by atoms with Crippen LogP contribution in [0.4, 0.5) is 5.82 Å². The highest BCUT2D eigenvalue weighted by Crippen LogP contribution is 2.22. The van der Waals surface area contributed by atoms with E-state index in [1.807, 2.05) is 19.9 Å². The summed E-state index contributed by atoms with van der Waals surface area (Å²) in [4.78, 5) is 8.35.